The minimum atomic E-state index is -3.52. The van der Waals surface area contributed by atoms with Gasteiger partial charge in [-0.05, 0) is 36.6 Å². The number of sulfonamides is 1. The lowest BCUT2D eigenvalue weighted by molar-refractivity contribution is -0.116. The lowest BCUT2D eigenvalue weighted by Gasteiger charge is -2.24. The molecule has 1 N–H and O–H groups in total. The number of amides is 1. The van der Waals surface area contributed by atoms with Gasteiger partial charge in [0.15, 0.2) is 4.34 Å². The van der Waals surface area contributed by atoms with Crippen LogP contribution in [0.15, 0.2) is 52.9 Å². The molecule has 11 heteroatoms. The van der Waals surface area contributed by atoms with E-state index in [0.29, 0.717) is 27.8 Å². The number of carbonyl (C=O) groups excluding carboxylic acids is 1. The van der Waals surface area contributed by atoms with Gasteiger partial charge in [-0.2, -0.15) is 0 Å². The Morgan fingerprint density at radius 3 is 2.62 bits per heavy atom. The van der Waals surface area contributed by atoms with Gasteiger partial charge in [0.1, 0.15) is 0 Å². The first kappa shape index (κ1) is 24.5. The summed E-state index contributed by atoms with van der Waals surface area (Å²) in [6.45, 7) is 1.94. The highest BCUT2D eigenvalue weighted by molar-refractivity contribution is 8.00. The minimum Gasteiger partial charge on any atom is -0.301 e. The summed E-state index contributed by atoms with van der Waals surface area (Å²) in [5.41, 5.74) is 2.38. The van der Waals surface area contributed by atoms with E-state index >= 15 is 0 Å². The Morgan fingerprint density at radius 2 is 1.91 bits per heavy atom. The van der Waals surface area contributed by atoms with E-state index in [9.17, 15) is 13.2 Å². The summed E-state index contributed by atoms with van der Waals surface area (Å²) < 4.78 is 26.6. The van der Waals surface area contributed by atoms with Crippen LogP contribution in [0.2, 0.25) is 5.02 Å². The fraction of sp³-hybridized carbons (Fsp3) is 0.286. The van der Waals surface area contributed by atoms with Crippen LogP contribution in [0.25, 0.3) is 0 Å². The molecule has 0 aliphatic heterocycles. The Bertz CT molecular complexity index is 1170. The second-order valence-corrected chi connectivity index (χ2v) is 11.5. The smallest absolute Gasteiger partial charge is 0.232 e. The zero-order valence-electron chi connectivity index (χ0n) is 17.6. The number of rotatable bonds is 10. The van der Waals surface area contributed by atoms with Gasteiger partial charge in [0.2, 0.25) is 21.1 Å². The number of nitrogens with one attached hydrogen (secondary N) is 1. The normalized spacial score (nSPS) is 11.3. The second kappa shape index (κ2) is 11.1. The van der Waals surface area contributed by atoms with Crippen LogP contribution in [0.1, 0.15) is 24.0 Å². The number of hydrogen-bond acceptors (Lipinski definition) is 7. The molecule has 0 fully saturated rings. The average molecular weight is 511 g/mol. The van der Waals surface area contributed by atoms with Crippen LogP contribution >= 0.6 is 34.7 Å². The fourth-order valence-electron chi connectivity index (χ4n) is 2.93. The van der Waals surface area contributed by atoms with Crippen molar-refractivity contribution in [3.8, 4) is 0 Å². The summed E-state index contributed by atoms with van der Waals surface area (Å²) in [7, 11) is -3.52. The van der Waals surface area contributed by atoms with Gasteiger partial charge in [0.25, 0.3) is 0 Å². The molecule has 170 valence electrons. The highest BCUT2D eigenvalue weighted by Crippen LogP contribution is 2.29. The molecule has 32 heavy (non-hydrogen) atoms. The predicted octanol–water partition coefficient (Wildman–Crippen LogP) is 4.98. The van der Waals surface area contributed by atoms with Gasteiger partial charge in [0, 0.05) is 23.7 Å². The van der Waals surface area contributed by atoms with Crippen LogP contribution in [-0.2, 0) is 20.6 Å². The van der Waals surface area contributed by atoms with Crippen LogP contribution in [0.3, 0.4) is 0 Å². The monoisotopic (exact) mass is 510 g/mol. The maximum atomic E-state index is 12.3. The van der Waals surface area contributed by atoms with Gasteiger partial charge in [-0.3, -0.25) is 9.10 Å². The largest absolute Gasteiger partial charge is 0.301 e. The summed E-state index contributed by atoms with van der Waals surface area (Å²) >= 11 is 9.01. The zero-order chi connectivity index (χ0) is 23.1. The molecule has 0 spiro atoms. The number of benzene rings is 2. The van der Waals surface area contributed by atoms with Crippen molar-refractivity contribution >= 4 is 61.4 Å². The van der Waals surface area contributed by atoms with Gasteiger partial charge < -0.3 is 5.32 Å². The highest BCUT2D eigenvalue weighted by Gasteiger charge is 2.20. The molecule has 3 rings (SSSR count). The van der Waals surface area contributed by atoms with Crippen LogP contribution in [0.5, 0.6) is 0 Å². The Hall–Kier alpha value is -2.14. The van der Waals surface area contributed by atoms with Gasteiger partial charge in [-0.15, -0.1) is 10.2 Å². The average Bonchev–Trinajstić information content (AvgIpc) is 3.19. The van der Waals surface area contributed by atoms with E-state index < -0.39 is 10.0 Å². The molecule has 1 aromatic heterocycles. The number of hydrogen-bond donors (Lipinski definition) is 1. The van der Waals surface area contributed by atoms with Gasteiger partial charge in [-0.25, -0.2) is 8.42 Å². The first-order chi connectivity index (χ1) is 15.2. The number of aromatic nitrogens is 2. The van der Waals surface area contributed by atoms with Gasteiger partial charge in [-0.1, -0.05) is 71.1 Å². The molecular weight excluding hydrogens is 488 g/mol. The molecular formula is C21H23ClN4O3S3. The molecule has 0 aliphatic carbocycles. The lowest BCUT2D eigenvalue weighted by atomic mass is 10.2. The standard InChI is InChI=1S/C21H23ClN4O3S3/c1-15-17(22)10-6-11-18(15)26(32(2,28)29)13-7-12-19(27)23-20-24-25-21(31-20)30-14-16-8-4-3-5-9-16/h3-6,8-11H,7,12-14H2,1-2H3,(H,23,24,27). The molecule has 2 aromatic carbocycles. The highest BCUT2D eigenvalue weighted by atomic mass is 35.5. The van der Waals surface area contributed by atoms with Crippen LogP contribution < -0.4 is 9.62 Å². The molecule has 1 amide bonds. The summed E-state index contributed by atoms with van der Waals surface area (Å²) in [6.07, 6.45) is 1.64. The molecule has 7 nitrogen and oxygen atoms in total. The topological polar surface area (TPSA) is 92.3 Å². The molecule has 0 saturated carbocycles. The molecule has 0 atom stereocenters. The number of halogens is 1. The SMILES string of the molecule is Cc1c(Cl)cccc1N(CCCC(=O)Nc1nnc(SCc2ccccc2)s1)S(C)(=O)=O. The van der Waals surface area contributed by atoms with E-state index in [1.807, 2.05) is 30.3 Å². The third-order valence-corrected chi connectivity index (χ3v) is 8.16. The van der Waals surface area contributed by atoms with Crippen molar-refractivity contribution in [1.29, 1.82) is 0 Å². The summed E-state index contributed by atoms with van der Waals surface area (Å²) in [4.78, 5) is 12.3. The van der Waals surface area contributed by atoms with E-state index in [0.717, 1.165) is 16.3 Å². The first-order valence-electron chi connectivity index (χ1n) is 9.77. The van der Waals surface area contributed by atoms with Crippen LogP contribution in [0, 0.1) is 6.92 Å². The van der Waals surface area contributed by atoms with Crippen molar-refractivity contribution in [3.63, 3.8) is 0 Å². The summed E-state index contributed by atoms with van der Waals surface area (Å²) in [5.74, 6) is 0.533. The first-order valence-corrected chi connectivity index (χ1v) is 13.8. The molecule has 0 unspecified atom stereocenters. The Labute approximate surface area is 201 Å². The van der Waals surface area contributed by atoms with E-state index in [1.54, 1.807) is 36.9 Å². The van der Waals surface area contributed by atoms with Crippen LogP contribution in [-0.4, -0.2) is 37.3 Å². The maximum absolute atomic E-state index is 12.3. The van der Waals surface area contributed by atoms with E-state index in [1.165, 1.54) is 21.2 Å². The summed E-state index contributed by atoms with van der Waals surface area (Å²) in [5, 5.41) is 11.8. The van der Waals surface area contributed by atoms with E-state index in [4.69, 9.17) is 11.6 Å². The van der Waals surface area contributed by atoms with Crippen molar-refractivity contribution < 1.29 is 13.2 Å². The molecule has 0 aliphatic rings. The van der Waals surface area contributed by atoms with Gasteiger partial charge in [0.05, 0.1) is 11.9 Å². The van der Waals surface area contributed by atoms with Gasteiger partial charge >= 0.3 is 0 Å². The van der Waals surface area contributed by atoms with Crippen molar-refractivity contribution in [2.45, 2.75) is 29.9 Å². The quantitative estimate of drug-likeness (QED) is 0.305. The van der Waals surface area contributed by atoms with E-state index in [2.05, 4.69) is 15.5 Å². The number of nitrogens with zero attached hydrogens (tertiary/aromatic N) is 3. The number of anilines is 2. The minimum absolute atomic E-state index is 0.151. The van der Waals surface area contributed by atoms with E-state index in [-0.39, 0.29) is 18.9 Å². The van der Waals surface area contributed by atoms with Crippen molar-refractivity contribution in [2.75, 3.05) is 22.4 Å². The Morgan fingerprint density at radius 1 is 1.16 bits per heavy atom. The fourth-order valence-corrected chi connectivity index (χ4v) is 5.84. The third-order valence-electron chi connectivity index (χ3n) is 4.53. The summed E-state index contributed by atoms with van der Waals surface area (Å²) in [6, 6.07) is 15.2. The molecule has 1 heterocycles. The van der Waals surface area contributed by atoms with Crippen molar-refractivity contribution in [2.24, 2.45) is 0 Å². The predicted molar refractivity (Wildman–Crippen MR) is 132 cm³/mol. The van der Waals surface area contributed by atoms with Crippen LogP contribution in [0.4, 0.5) is 10.8 Å². The lowest BCUT2D eigenvalue weighted by Crippen LogP contribution is -2.32. The Kier molecular flexibility index (Phi) is 8.52. The number of carbonyl (C=O) groups is 1. The zero-order valence-corrected chi connectivity index (χ0v) is 20.8. The molecule has 0 radical (unpaired) electrons. The third kappa shape index (κ3) is 6.93. The van der Waals surface area contributed by atoms with Crippen molar-refractivity contribution in [3.05, 3.63) is 64.7 Å². The Balaban J connectivity index is 1.52. The molecule has 0 bridgehead atoms. The second-order valence-electron chi connectivity index (χ2n) is 7.02. The molecule has 3 aromatic rings. The van der Waals surface area contributed by atoms with Crippen molar-refractivity contribution in [1.82, 2.24) is 10.2 Å². The molecule has 0 saturated heterocycles. The maximum Gasteiger partial charge on any atom is 0.232 e. The number of thioether (sulfide) groups is 1.